The number of rotatable bonds is 8. The molecule has 1 fully saturated rings. The van der Waals surface area contributed by atoms with E-state index in [-0.39, 0.29) is 11.8 Å². The zero-order valence-corrected chi connectivity index (χ0v) is 16.0. The van der Waals surface area contributed by atoms with E-state index in [2.05, 4.69) is 42.6 Å². The van der Waals surface area contributed by atoms with Gasteiger partial charge in [-0.25, -0.2) is 4.99 Å². The van der Waals surface area contributed by atoms with Crippen molar-refractivity contribution in [1.82, 2.24) is 30.7 Å². The Morgan fingerprint density at radius 1 is 1.31 bits per heavy atom. The summed E-state index contributed by atoms with van der Waals surface area (Å²) >= 11 is 1.70. The summed E-state index contributed by atoms with van der Waals surface area (Å²) in [6, 6.07) is 4.11. The molecule has 1 aliphatic rings. The Bertz CT molecular complexity index is 749. The fourth-order valence-electron chi connectivity index (χ4n) is 2.35. The maximum absolute atomic E-state index is 11.7. The van der Waals surface area contributed by atoms with Gasteiger partial charge in [-0.15, -0.1) is 21.5 Å². The number of hydrogen-bond donors (Lipinski definition) is 3. The highest BCUT2D eigenvalue weighted by Crippen LogP contribution is 2.28. The second-order valence-electron chi connectivity index (χ2n) is 6.31. The third-order valence-electron chi connectivity index (χ3n) is 4.24. The van der Waals surface area contributed by atoms with Gasteiger partial charge in [0.25, 0.3) is 0 Å². The predicted octanol–water partition coefficient (Wildman–Crippen LogP) is 0.947. The van der Waals surface area contributed by atoms with Gasteiger partial charge >= 0.3 is 0 Å². The minimum absolute atomic E-state index is 0.159. The molecule has 0 bridgehead atoms. The Morgan fingerprint density at radius 3 is 2.77 bits per heavy atom. The number of nitrogens with one attached hydrogen (secondary N) is 3. The van der Waals surface area contributed by atoms with Crippen molar-refractivity contribution in [2.24, 2.45) is 18.0 Å². The maximum Gasteiger partial charge on any atom is 0.223 e. The molecule has 0 atom stereocenters. The second kappa shape index (κ2) is 8.79. The van der Waals surface area contributed by atoms with Gasteiger partial charge in [0.15, 0.2) is 11.8 Å². The average molecular weight is 376 g/mol. The van der Waals surface area contributed by atoms with E-state index in [0.29, 0.717) is 32.1 Å². The highest BCUT2D eigenvalue weighted by atomic mass is 32.1. The fraction of sp³-hybridized carbons (Fsp3) is 0.529. The minimum atomic E-state index is 0.159. The lowest BCUT2D eigenvalue weighted by atomic mass is 10.4. The van der Waals surface area contributed by atoms with Crippen LogP contribution in [0.3, 0.4) is 0 Å². The molecule has 0 spiro atoms. The Balaban J connectivity index is 1.52. The first kappa shape index (κ1) is 18.4. The number of aromatic nitrogens is 3. The van der Waals surface area contributed by atoms with E-state index in [1.165, 1.54) is 4.88 Å². The summed E-state index contributed by atoms with van der Waals surface area (Å²) in [5.41, 5.74) is 0. The van der Waals surface area contributed by atoms with Gasteiger partial charge in [0.2, 0.25) is 5.91 Å². The molecule has 3 N–H and O–H groups in total. The Kier molecular flexibility index (Phi) is 6.21. The molecule has 0 aliphatic heterocycles. The molecule has 140 valence electrons. The Labute approximate surface area is 157 Å². The van der Waals surface area contributed by atoms with Crippen LogP contribution >= 0.6 is 11.3 Å². The molecule has 2 heterocycles. The molecule has 2 aromatic rings. The van der Waals surface area contributed by atoms with Gasteiger partial charge in [0.1, 0.15) is 12.4 Å². The van der Waals surface area contributed by atoms with Gasteiger partial charge in [-0.2, -0.15) is 0 Å². The van der Waals surface area contributed by atoms with Gasteiger partial charge < -0.3 is 20.5 Å². The molecule has 26 heavy (non-hydrogen) atoms. The van der Waals surface area contributed by atoms with Crippen LogP contribution < -0.4 is 16.0 Å². The SMILES string of the molecule is Cc1nnc(CN=C(NCCNC(=O)C2CC2)NCc2cccs2)n1C. The monoisotopic (exact) mass is 375 g/mol. The minimum Gasteiger partial charge on any atom is -0.355 e. The van der Waals surface area contributed by atoms with E-state index >= 15 is 0 Å². The topological polar surface area (TPSA) is 96.2 Å². The van der Waals surface area contributed by atoms with Crippen LogP contribution in [0.4, 0.5) is 0 Å². The van der Waals surface area contributed by atoms with Crippen molar-refractivity contribution in [2.45, 2.75) is 32.9 Å². The number of carbonyl (C=O) groups excluding carboxylic acids is 1. The highest BCUT2D eigenvalue weighted by Gasteiger charge is 2.28. The van der Waals surface area contributed by atoms with E-state index in [9.17, 15) is 4.79 Å². The standard InChI is InChI=1S/C17H25N7OS/c1-12-22-23-15(24(12)2)11-21-17(20-10-14-4-3-9-26-14)19-8-7-18-16(25)13-5-6-13/h3-4,9,13H,5-8,10-11H2,1-2H3,(H,18,25)(H2,19,20,21). The van der Waals surface area contributed by atoms with Gasteiger partial charge in [-0.3, -0.25) is 4.79 Å². The lowest BCUT2D eigenvalue weighted by molar-refractivity contribution is -0.122. The van der Waals surface area contributed by atoms with Crippen molar-refractivity contribution in [1.29, 1.82) is 0 Å². The third kappa shape index (κ3) is 5.29. The fourth-order valence-corrected chi connectivity index (χ4v) is 3.00. The number of nitrogens with zero attached hydrogens (tertiary/aromatic N) is 4. The predicted molar refractivity (Wildman–Crippen MR) is 102 cm³/mol. The summed E-state index contributed by atoms with van der Waals surface area (Å²) in [6.07, 6.45) is 2.04. The lowest BCUT2D eigenvalue weighted by Crippen LogP contribution is -2.41. The summed E-state index contributed by atoms with van der Waals surface area (Å²) in [6.45, 7) is 4.25. The summed E-state index contributed by atoms with van der Waals surface area (Å²) in [7, 11) is 1.93. The Hall–Kier alpha value is -2.42. The molecular formula is C17H25N7OS. The zero-order chi connectivity index (χ0) is 18.4. The number of amides is 1. The van der Waals surface area contributed by atoms with Gasteiger partial charge in [-0.1, -0.05) is 6.07 Å². The van der Waals surface area contributed by atoms with Crippen LogP contribution in [-0.4, -0.2) is 39.7 Å². The van der Waals surface area contributed by atoms with Crippen LogP contribution in [0.25, 0.3) is 0 Å². The van der Waals surface area contributed by atoms with E-state index in [4.69, 9.17) is 0 Å². The van der Waals surface area contributed by atoms with Gasteiger partial charge in [0.05, 0.1) is 6.54 Å². The number of guanidine groups is 1. The first-order valence-electron chi connectivity index (χ1n) is 8.80. The van der Waals surface area contributed by atoms with Crippen molar-refractivity contribution in [3.05, 3.63) is 34.0 Å². The molecule has 1 aliphatic carbocycles. The van der Waals surface area contributed by atoms with Crippen molar-refractivity contribution in [2.75, 3.05) is 13.1 Å². The summed E-state index contributed by atoms with van der Waals surface area (Å²) in [5.74, 6) is 2.76. The molecule has 3 rings (SSSR count). The summed E-state index contributed by atoms with van der Waals surface area (Å²) in [5, 5.41) is 19.8. The van der Waals surface area contributed by atoms with Crippen LogP contribution in [0.2, 0.25) is 0 Å². The van der Waals surface area contributed by atoms with Crippen molar-refractivity contribution >= 4 is 23.2 Å². The first-order chi connectivity index (χ1) is 12.6. The molecule has 1 saturated carbocycles. The largest absolute Gasteiger partial charge is 0.355 e. The average Bonchev–Trinajstić information content (AvgIpc) is 3.28. The van der Waals surface area contributed by atoms with Crippen molar-refractivity contribution < 1.29 is 4.79 Å². The molecule has 0 radical (unpaired) electrons. The smallest absolute Gasteiger partial charge is 0.223 e. The van der Waals surface area contributed by atoms with E-state index in [1.807, 2.05) is 24.6 Å². The van der Waals surface area contributed by atoms with E-state index in [1.54, 1.807) is 11.3 Å². The molecule has 9 heteroatoms. The van der Waals surface area contributed by atoms with Crippen LogP contribution in [0.5, 0.6) is 0 Å². The molecule has 8 nitrogen and oxygen atoms in total. The summed E-state index contributed by atoms with van der Waals surface area (Å²) in [4.78, 5) is 17.5. The molecule has 1 amide bonds. The normalized spacial score (nSPS) is 14.3. The van der Waals surface area contributed by atoms with Gasteiger partial charge in [0, 0.05) is 30.9 Å². The molecule has 0 unspecified atom stereocenters. The van der Waals surface area contributed by atoms with Crippen LogP contribution in [0, 0.1) is 12.8 Å². The quantitative estimate of drug-likeness (QED) is 0.363. The first-order valence-corrected chi connectivity index (χ1v) is 9.68. The number of carbonyl (C=O) groups is 1. The molecular weight excluding hydrogens is 350 g/mol. The van der Waals surface area contributed by atoms with Crippen molar-refractivity contribution in [3.8, 4) is 0 Å². The lowest BCUT2D eigenvalue weighted by Gasteiger charge is -2.12. The van der Waals surface area contributed by atoms with E-state index in [0.717, 1.165) is 24.5 Å². The van der Waals surface area contributed by atoms with E-state index < -0.39 is 0 Å². The molecule has 0 aromatic carbocycles. The summed E-state index contributed by atoms with van der Waals surface area (Å²) < 4.78 is 1.93. The highest BCUT2D eigenvalue weighted by molar-refractivity contribution is 7.09. The van der Waals surface area contributed by atoms with Crippen LogP contribution in [-0.2, 0) is 24.9 Å². The maximum atomic E-state index is 11.7. The van der Waals surface area contributed by atoms with Crippen molar-refractivity contribution in [3.63, 3.8) is 0 Å². The number of aryl methyl sites for hydroxylation is 1. The van der Waals surface area contributed by atoms with Crippen LogP contribution in [0.1, 0.15) is 29.4 Å². The van der Waals surface area contributed by atoms with Crippen LogP contribution in [0.15, 0.2) is 22.5 Å². The van der Waals surface area contributed by atoms with Gasteiger partial charge in [-0.05, 0) is 31.2 Å². The molecule has 2 aromatic heterocycles. The number of aliphatic imine (C=N–C) groups is 1. The number of hydrogen-bond acceptors (Lipinski definition) is 5. The third-order valence-corrected chi connectivity index (χ3v) is 5.11. The molecule has 0 saturated heterocycles. The zero-order valence-electron chi connectivity index (χ0n) is 15.2. The second-order valence-corrected chi connectivity index (χ2v) is 7.34. The Morgan fingerprint density at radius 2 is 2.12 bits per heavy atom. The number of thiophene rings is 1.